The molecule has 2 aliphatic rings. The number of para-hydroxylation sites is 1. The Labute approximate surface area is 302 Å². The summed E-state index contributed by atoms with van der Waals surface area (Å²) in [5.41, 5.74) is 18.1. The van der Waals surface area contributed by atoms with Crippen molar-refractivity contribution in [3.05, 3.63) is 210 Å². The van der Waals surface area contributed by atoms with Crippen molar-refractivity contribution < 1.29 is 4.42 Å². The fourth-order valence-corrected chi connectivity index (χ4v) is 8.86. The van der Waals surface area contributed by atoms with Crippen LogP contribution in [0, 0.1) is 0 Å². The van der Waals surface area contributed by atoms with Crippen molar-refractivity contribution in [2.75, 3.05) is 0 Å². The summed E-state index contributed by atoms with van der Waals surface area (Å²) >= 11 is 0. The quantitative estimate of drug-likeness (QED) is 0.188. The van der Waals surface area contributed by atoms with Crippen molar-refractivity contribution >= 4 is 11.0 Å². The van der Waals surface area contributed by atoms with Crippen molar-refractivity contribution in [2.45, 2.75) is 5.41 Å². The van der Waals surface area contributed by atoms with Gasteiger partial charge in [0.05, 0.1) is 16.8 Å². The van der Waals surface area contributed by atoms with E-state index >= 15 is 0 Å². The van der Waals surface area contributed by atoms with Crippen LogP contribution in [0.15, 0.2) is 192 Å². The molecule has 0 amide bonds. The Kier molecular flexibility index (Phi) is 6.20. The summed E-state index contributed by atoms with van der Waals surface area (Å²) in [4.78, 5) is 5.12. The van der Waals surface area contributed by atoms with E-state index in [4.69, 9.17) is 9.40 Å². The second-order valence-electron chi connectivity index (χ2n) is 13.8. The second-order valence-corrected chi connectivity index (χ2v) is 13.8. The third-order valence-electron chi connectivity index (χ3n) is 11.1. The zero-order valence-corrected chi connectivity index (χ0v) is 28.3. The summed E-state index contributed by atoms with van der Waals surface area (Å²) in [6, 6.07) is 67.6. The number of pyridine rings is 1. The van der Waals surface area contributed by atoms with Crippen molar-refractivity contribution in [1.82, 2.24) is 4.98 Å². The molecule has 242 valence electrons. The lowest BCUT2D eigenvalue weighted by Crippen LogP contribution is -2.25. The van der Waals surface area contributed by atoms with Gasteiger partial charge >= 0.3 is 0 Å². The van der Waals surface area contributed by atoms with E-state index in [0.29, 0.717) is 0 Å². The van der Waals surface area contributed by atoms with Crippen LogP contribution in [0.25, 0.3) is 78.2 Å². The predicted octanol–water partition coefficient (Wildman–Crippen LogP) is 12.8. The SMILES string of the molecule is c1ccc(-c2cc(-c3cccc(-c4ccc5c(c4)C4(c6ccccc6-c6ccccc64)c4c-5oc5ccccc45)c3)cc(-c3ccccc3)n2)cc1. The molecule has 0 unspecified atom stereocenters. The summed E-state index contributed by atoms with van der Waals surface area (Å²) in [5.74, 6) is 0.974. The van der Waals surface area contributed by atoms with Crippen LogP contribution in [0.4, 0.5) is 0 Å². The van der Waals surface area contributed by atoms with Gasteiger partial charge in [-0.2, -0.15) is 0 Å². The maximum atomic E-state index is 6.77. The number of aromatic nitrogens is 1. The highest BCUT2D eigenvalue weighted by Gasteiger charge is 2.54. The molecule has 0 fully saturated rings. The molecule has 2 aliphatic carbocycles. The molecule has 0 saturated heterocycles. The second kappa shape index (κ2) is 11.1. The van der Waals surface area contributed by atoms with E-state index in [1.54, 1.807) is 0 Å². The first kappa shape index (κ1) is 29.0. The third-order valence-corrected chi connectivity index (χ3v) is 11.1. The van der Waals surface area contributed by atoms with Gasteiger partial charge in [-0.05, 0) is 80.4 Å². The van der Waals surface area contributed by atoms with Crippen LogP contribution in [0.1, 0.15) is 22.3 Å². The molecule has 2 heterocycles. The number of hydrogen-bond acceptors (Lipinski definition) is 2. The standard InChI is InChI=1S/C50H31NO/c1-3-14-32(15-4-1)45-30-37(31-46(51-45)33-16-5-2-6-17-33)35-19-13-18-34(28-35)36-26-27-40-44(29-36)50(48-41-22-9-12-25-47(41)52-49(40)48)42-23-10-7-20-38(42)39-21-8-11-24-43(39)50/h1-31H. The Hall–Kier alpha value is -6.77. The number of rotatable bonds is 4. The Balaban J connectivity index is 1.11. The molecule has 2 heteroatoms. The maximum absolute atomic E-state index is 6.77. The average Bonchev–Trinajstić information content (AvgIpc) is 3.85. The van der Waals surface area contributed by atoms with Gasteiger partial charge in [0.1, 0.15) is 11.3 Å². The smallest absolute Gasteiger partial charge is 0.140 e. The fourth-order valence-electron chi connectivity index (χ4n) is 8.86. The van der Waals surface area contributed by atoms with Gasteiger partial charge in [-0.25, -0.2) is 4.98 Å². The van der Waals surface area contributed by atoms with Crippen LogP contribution in [0.5, 0.6) is 0 Å². The highest BCUT2D eigenvalue weighted by molar-refractivity contribution is 6.02. The van der Waals surface area contributed by atoms with Crippen LogP contribution in [0.2, 0.25) is 0 Å². The number of nitrogens with zero attached hydrogens (tertiary/aromatic N) is 1. The number of benzene rings is 7. The summed E-state index contributed by atoms with van der Waals surface area (Å²) in [7, 11) is 0. The van der Waals surface area contributed by atoms with Crippen molar-refractivity contribution in [3.8, 4) is 67.2 Å². The zero-order valence-electron chi connectivity index (χ0n) is 28.3. The topological polar surface area (TPSA) is 26.0 Å². The monoisotopic (exact) mass is 661 g/mol. The molecule has 7 aromatic carbocycles. The average molecular weight is 662 g/mol. The van der Waals surface area contributed by atoms with E-state index in [1.807, 2.05) is 12.1 Å². The van der Waals surface area contributed by atoms with E-state index in [2.05, 4.69) is 176 Å². The maximum Gasteiger partial charge on any atom is 0.140 e. The van der Waals surface area contributed by atoms with Crippen molar-refractivity contribution in [3.63, 3.8) is 0 Å². The lowest BCUT2D eigenvalue weighted by Gasteiger charge is -2.30. The van der Waals surface area contributed by atoms with Gasteiger partial charge in [0.2, 0.25) is 0 Å². The predicted molar refractivity (Wildman–Crippen MR) is 212 cm³/mol. The molecule has 0 saturated carbocycles. The van der Waals surface area contributed by atoms with Gasteiger partial charge in [0.25, 0.3) is 0 Å². The summed E-state index contributed by atoms with van der Waals surface area (Å²) < 4.78 is 6.77. The first-order valence-corrected chi connectivity index (χ1v) is 17.9. The van der Waals surface area contributed by atoms with Crippen LogP contribution in [0.3, 0.4) is 0 Å². The Morgan fingerprint density at radius 2 is 0.904 bits per heavy atom. The Bertz CT molecular complexity index is 2740. The molecule has 1 spiro atoms. The molecular weight excluding hydrogens is 631 g/mol. The van der Waals surface area contributed by atoms with Crippen LogP contribution in [-0.4, -0.2) is 4.98 Å². The normalized spacial score (nSPS) is 13.2. The van der Waals surface area contributed by atoms with Gasteiger partial charge in [-0.3, -0.25) is 0 Å². The Morgan fingerprint density at radius 1 is 0.365 bits per heavy atom. The minimum Gasteiger partial charge on any atom is -0.456 e. The van der Waals surface area contributed by atoms with E-state index in [0.717, 1.165) is 50.5 Å². The largest absolute Gasteiger partial charge is 0.456 e. The number of hydrogen-bond donors (Lipinski definition) is 0. The molecule has 11 rings (SSSR count). The summed E-state index contributed by atoms with van der Waals surface area (Å²) in [6.45, 7) is 0. The van der Waals surface area contributed by atoms with Gasteiger partial charge < -0.3 is 4.42 Å². The molecular formula is C50H31NO. The van der Waals surface area contributed by atoms with Crippen molar-refractivity contribution in [2.24, 2.45) is 0 Å². The molecule has 0 N–H and O–H groups in total. The highest BCUT2D eigenvalue weighted by Crippen LogP contribution is 2.65. The van der Waals surface area contributed by atoms with Crippen LogP contribution < -0.4 is 0 Å². The molecule has 52 heavy (non-hydrogen) atoms. The van der Waals surface area contributed by atoms with Gasteiger partial charge in [0, 0.05) is 27.6 Å². The van der Waals surface area contributed by atoms with E-state index in [1.165, 1.54) is 49.9 Å². The molecule has 2 nitrogen and oxygen atoms in total. The number of furan rings is 1. The van der Waals surface area contributed by atoms with Gasteiger partial charge in [0.15, 0.2) is 0 Å². The minimum atomic E-state index is -0.488. The molecule has 2 aromatic heterocycles. The first-order valence-electron chi connectivity index (χ1n) is 17.9. The summed E-state index contributed by atoms with van der Waals surface area (Å²) in [6.07, 6.45) is 0. The van der Waals surface area contributed by atoms with Gasteiger partial charge in [-0.15, -0.1) is 0 Å². The third kappa shape index (κ3) is 4.09. The first-order chi connectivity index (χ1) is 25.8. The summed E-state index contributed by atoms with van der Waals surface area (Å²) in [5, 5.41) is 1.17. The minimum absolute atomic E-state index is 0.488. The van der Waals surface area contributed by atoms with E-state index in [-0.39, 0.29) is 0 Å². The lowest BCUT2D eigenvalue weighted by atomic mass is 9.70. The fraction of sp³-hybridized carbons (Fsp3) is 0.0200. The Morgan fingerprint density at radius 3 is 1.58 bits per heavy atom. The number of fused-ring (bicyclic) bond motifs is 12. The highest BCUT2D eigenvalue weighted by atomic mass is 16.3. The molecule has 0 aliphatic heterocycles. The molecule has 0 radical (unpaired) electrons. The molecule has 0 bridgehead atoms. The van der Waals surface area contributed by atoms with Crippen LogP contribution >= 0.6 is 0 Å². The molecule has 0 atom stereocenters. The van der Waals surface area contributed by atoms with E-state index < -0.39 is 5.41 Å². The lowest BCUT2D eigenvalue weighted by molar-refractivity contribution is 0.628. The molecule has 9 aromatic rings. The van der Waals surface area contributed by atoms with Crippen LogP contribution in [-0.2, 0) is 5.41 Å². The zero-order chi connectivity index (χ0) is 34.2. The van der Waals surface area contributed by atoms with Crippen molar-refractivity contribution in [1.29, 1.82) is 0 Å². The van der Waals surface area contributed by atoms with E-state index in [9.17, 15) is 0 Å². The van der Waals surface area contributed by atoms with Gasteiger partial charge in [-0.1, -0.05) is 158 Å².